The standard InChI is InChI=1S/C13H23F2NO/c1-2-16-12(11-5-8-17-9-11)10-3-6-13(14,15)7-4-10/h10-12,16H,2-9H2,1H3. The fourth-order valence-corrected chi connectivity index (χ4v) is 3.21. The number of hydrogen-bond donors (Lipinski definition) is 1. The molecule has 2 rings (SSSR count). The maximum absolute atomic E-state index is 13.2. The van der Waals surface area contributed by atoms with Crippen molar-refractivity contribution in [3.63, 3.8) is 0 Å². The molecule has 2 fully saturated rings. The smallest absolute Gasteiger partial charge is 0.248 e. The molecule has 0 aromatic carbocycles. The summed E-state index contributed by atoms with van der Waals surface area (Å²) >= 11 is 0. The Kier molecular flexibility index (Phi) is 4.36. The second kappa shape index (κ2) is 5.61. The van der Waals surface area contributed by atoms with Gasteiger partial charge >= 0.3 is 0 Å². The summed E-state index contributed by atoms with van der Waals surface area (Å²) in [7, 11) is 0. The third-order valence-corrected chi connectivity index (χ3v) is 4.18. The number of hydrogen-bond acceptors (Lipinski definition) is 2. The monoisotopic (exact) mass is 247 g/mol. The first kappa shape index (κ1) is 13.2. The maximum atomic E-state index is 13.2. The highest BCUT2D eigenvalue weighted by atomic mass is 19.3. The number of alkyl halides is 2. The summed E-state index contributed by atoms with van der Waals surface area (Å²) in [4.78, 5) is 0. The van der Waals surface area contributed by atoms with Crippen LogP contribution in [0.25, 0.3) is 0 Å². The molecule has 2 nitrogen and oxygen atoms in total. The highest BCUT2D eigenvalue weighted by Gasteiger charge is 2.40. The van der Waals surface area contributed by atoms with E-state index >= 15 is 0 Å². The van der Waals surface area contributed by atoms with Gasteiger partial charge in [-0.15, -0.1) is 0 Å². The van der Waals surface area contributed by atoms with Crippen molar-refractivity contribution >= 4 is 0 Å². The summed E-state index contributed by atoms with van der Waals surface area (Å²) in [6.07, 6.45) is 2.51. The van der Waals surface area contributed by atoms with E-state index in [0.29, 0.717) is 30.7 Å². The normalized spacial score (nSPS) is 31.6. The molecule has 100 valence electrons. The summed E-state index contributed by atoms with van der Waals surface area (Å²) < 4.78 is 31.7. The van der Waals surface area contributed by atoms with E-state index in [0.717, 1.165) is 26.2 Å². The first-order valence-electron chi connectivity index (χ1n) is 6.81. The van der Waals surface area contributed by atoms with Crippen LogP contribution in [0.2, 0.25) is 0 Å². The molecule has 1 N–H and O–H groups in total. The zero-order valence-electron chi connectivity index (χ0n) is 10.6. The first-order chi connectivity index (χ1) is 8.12. The van der Waals surface area contributed by atoms with Gasteiger partial charge in [0.15, 0.2) is 0 Å². The summed E-state index contributed by atoms with van der Waals surface area (Å²) in [6, 6.07) is 0.374. The van der Waals surface area contributed by atoms with Crippen molar-refractivity contribution in [2.75, 3.05) is 19.8 Å². The maximum Gasteiger partial charge on any atom is 0.248 e. The highest BCUT2D eigenvalue weighted by Crippen LogP contribution is 2.39. The topological polar surface area (TPSA) is 21.3 Å². The molecule has 0 radical (unpaired) electrons. The van der Waals surface area contributed by atoms with Crippen molar-refractivity contribution in [1.82, 2.24) is 5.32 Å². The van der Waals surface area contributed by atoms with E-state index in [1.807, 2.05) is 0 Å². The molecular formula is C13H23F2NO. The van der Waals surface area contributed by atoms with Gasteiger partial charge in [-0.25, -0.2) is 8.78 Å². The average molecular weight is 247 g/mol. The Morgan fingerprint density at radius 1 is 1.24 bits per heavy atom. The van der Waals surface area contributed by atoms with Gasteiger partial charge in [-0.3, -0.25) is 0 Å². The number of ether oxygens (including phenoxy) is 1. The van der Waals surface area contributed by atoms with E-state index in [4.69, 9.17) is 4.74 Å². The Balaban J connectivity index is 1.92. The van der Waals surface area contributed by atoms with Gasteiger partial charge in [0.25, 0.3) is 0 Å². The minimum atomic E-state index is -2.42. The second-order valence-corrected chi connectivity index (χ2v) is 5.40. The van der Waals surface area contributed by atoms with Gasteiger partial charge in [-0.1, -0.05) is 6.92 Å². The van der Waals surface area contributed by atoms with Crippen LogP contribution in [0.4, 0.5) is 8.78 Å². The lowest BCUT2D eigenvalue weighted by molar-refractivity contribution is -0.0520. The zero-order chi connectivity index (χ0) is 12.3. The second-order valence-electron chi connectivity index (χ2n) is 5.40. The van der Waals surface area contributed by atoms with Crippen molar-refractivity contribution in [2.45, 2.75) is 51.0 Å². The van der Waals surface area contributed by atoms with Crippen LogP contribution in [-0.2, 0) is 4.74 Å². The summed E-state index contributed by atoms with van der Waals surface area (Å²) in [5, 5.41) is 3.50. The fraction of sp³-hybridized carbons (Fsp3) is 1.00. The Labute approximate surface area is 102 Å². The van der Waals surface area contributed by atoms with Crippen LogP contribution < -0.4 is 5.32 Å². The molecule has 2 unspecified atom stereocenters. The van der Waals surface area contributed by atoms with E-state index in [-0.39, 0.29) is 12.8 Å². The first-order valence-corrected chi connectivity index (χ1v) is 6.81. The van der Waals surface area contributed by atoms with Crippen LogP contribution in [0.3, 0.4) is 0 Å². The molecule has 2 atom stereocenters. The molecule has 2 aliphatic rings. The molecule has 17 heavy (non-hydrogen) atoms. The molecule has 1 heterocycles. The Bertz CT molecular complexity index is 232. The van der Waals surface area contributed by atoms with Crippen LogP contribution >= 0.6 is 0 Å². The molecule has 0 spiro atoms. The van der Waals surface area contributed by atoms with Crippen molar-refractivity contribution in [3.05, 3.63) is 0 Å². The van der Waals surface area contributed by atoms with Crippen LogP contribution in [0.1, 0.15) is 39.0 Å². The predicted octanol–water partition coefficient (Wildman–Crippen LogP) is 2.83. The van der Waals surface area contributed by atoms with Crippen LogP contribution in [0.15, 0.2) is 0 Å². The zero-order valence-corrected chi connectivity index (χ0v) is 10.6. The Hall–Kier alpha value is -0.220. The minimum Gasteiger partial charge on any atom is -0.381 e. The fourth-order valence-electron chi connectivity index (χ4n) is 3.21. The van der Waals surface area contributed by atoms with E-state index < -0.39 is 5.92 Å². The largest absolute Gasteiger partial charge is 0.381 e. The summed E-state index contributed by atoms with van der Waals surface area (Å²) in [5.41, 5.74) is 0. The van der Waals surface area contributed by atoms with E-state index in [1.54, 1.807) is 0 Å². The lowest BCUT2D eigenvalue weighted by Crippen LogP contribution is -2.45. The molecule has 1 aliphatic carbocycles. The number of halogens is 2. The molecular weight excluding hydrogens is 224 g/mol. The van der Waals surface area contributed by atoms with Crippen molar-refractivity contribution in [3.8, 4) is 0 Å². The molecule has 0 aromatic rings. The number of nitrogens with one attached hydrogen (secondary N) is 1. The molecule has 1 saturated carbocycles. The molecule has 1 saturated heterocycles. The van der Waals surface area contributed by atoms with Gasteiger partial charge in [0.05, 0.1) is 6.61 Å². The van der Waals surface area contributed by atoms with Gasteiger partial charge < -0.3 is 10.1 Å². The molecule has 4 heteroatoms. The lowest BCUT2D eigenvalue weighted by Gasteiger charge is -2.36. The third-order valence-electron chi connectivity index (χ3n) is 4.18. The van der Waals surface area contributed by atoms with Gasteiger partial charge in [0.1, 0.15) is 0 Å². The lowest BCUT2D eigenvalue weighted by atomic mass is 9.77. The van der Waals surface area contributed by atoms with Gasteiger partial charge in [-0.2, -0.15) is 0 Å². The third kappa shape index (κ3) is 3.38. The van der Waals surface area contributed by atoms with Crippen molar-refractivity contribution in [1.29, 1.82) is 0 Å². The van der Waals surface area contributed by atoms with Gasteiger partial charge in [-0.05, 0) is 31.7 Å². The molecule has 1 aliphatic heterocycles. The van der Waals surface area contributed by atoms with Crippen LogP contribution in [0, 0.1) is 11.8 Å². The predicted molar refractivity (Wildman–Crippen MR) is 63.3 cm³/mol. The van der Waals surface area contributed by atoms with E-state index in [1.165, 1.54) is 0 Å². The van der Waals surface area contributed by atoms with Crippen molar-refractivity contribution in [2.24, 2.45) is 11.8 Å². The summed E-state index contributed by atoms with van der Waals surface area (Å²) in [5.74, 6) is -1.49. The molecule has 0 bridgehead atoms. The van der Waals surface area contributed by atoms with E-state index in [2.05, 4.69) is 12.2 Å². The average Bonchev–Trinajstić information content (AvgIpc) is 2.80. The van der Waals surface area contributed by atoms with Crippen LogP contribution in [-0.4, -0.2) is 31.7 Å². The van der Waals surface area contributed by atoms with Gasteiger partial charge in [0, 0.05) is 31.4 Å². The highest BCUT2D eigenvalue weighted by molar-refractivity contribution is 4.89. The number of rotatable bonds is 4. The Morgan fingerprint density at radius 2 is 1.94 bits per heavy atom. The molecule has 0 amide bonds. The molecule has 0 aromatic heterocycles. The summed E-state index contributed by atoms with van der Waals surface area (Å²) in [6.45, 7) is 4.62. The quantitative estimate of drug-likeness (QED) is 0.825. The van der Waals surface area contributed by atoms with E-state index in [9.17, 15) is 8.78 Å². The van der Waals surface area contributed by atoms with Crippen LogP contribution in [0.5, 0.6) is 0 Å². The minimum absolute atomic E-state index is 0.0626. The SMILES string of the molecule is CCNC(C1CCC(F)(F)CC1)C1CCOC1. The van der Waals surface area contributed by atoms with Crippen molar-refractivity contribution < 1.29 is 13.5 Å². The van der Waals surface area contributed by atoms with Gasteiger partial charge in [0.2, 0.25) is 5.92 Å². The Morgan fingerprint density at radius 3 is 2.47 bits per heavy atom.